The van der Waals surface area contributed by atoms with Crippen LogP contribution in [0.25, 0.3) is 0 Å². The monoisotopic (exact) mass is 303 g/mol. The van der Waals surface area contributed by atoms with Gasteiger partial charge in [-0.25, -0.2) is 4.98 Å². The molecule has 1 aromatic heterocycles. The molecule has 1 aromatic rings. The Kier molecular flexibility index (Phi) is 3.50. The van der Waals surface area contributed by atoms with E-state index in [-0.39, 0.29) is 18.1 Å². The first kappa shape index (κ1) is 14.0. The third-order valence-corrected chi connectivity index (χ3v) is 5.05. The van der Waals surface area contributed by atoms with E-state index in [1.54, 1.807) is 18.3 Å². The van der Waals surface area contributed by atoms with Crippen molar-refractivity contribution in [2.45, 2.75) is 31.0 Å². The summed E-state index contributed by atoms with van der Waals surface area (Å²) in [6.07, 6.45) is 3.79. The molecule has 1 amide bonds. The maximum Gasteiger partial charge on any atom is 0.259 e. The van der Waals surface area contributed by atoms with Gasteiger partial charge in [-0.3, -0.25) is 9.69 Å². The maximum atomic E-state index is 12.6. The zero-order valence-corrected chi connectivity index (χ0v) is 12.8. The van der Waals surface area contributed by atoms with E-state index in [1.807, 2.05) is 11.9 Å². The predicted octanol–water partition coefficient (Wildman–Crippen LogP) is 0.778. The van der Waals surface area contributed by atoms with E-state index >= 15 is 0 Å². The summed E-state index contributed by atoms with van der Waals surface area (Å²) in [5.74, 6) is 0.477. The average Bonchev–Trinajstić information content (AvgIpc) is 2.95. The van der Waals surface area contributed by atoms with E-state index in [0.29, 0.717) is 17.5 Å². The first-order chi connectivity index (χ1) is 10.7. The van der Waals surface area contributed by atoms with Crippen molar-refractivity contribution in [2.24, 2.45) is 0 Å². The van der Waals surface area contributed by atoms with Crippen LogP contribution in [0.3, 0.4) is 0 Å². The highest BCUT2D eigenvalue weighted by molar-refractivity contribution is 5.96. The minimum Gasteiger partial charge on any atom is -0.470 e. The molecule has 0 N–H and O–H groups in total. The van der Waals surface area contributed by atoms with Gasteiger partial charge in [0.2, 0.25) is 5.88 Å². The summed E-state index contributed by atoms with van der Waals surface area (Å²) in [4.78, 5) is 21.2. The molecule has 0 saturated carbocycles. The van der Waals surface area contributed by atoms with Gasteiger partial charge in [0.25, 0.3) is 5.91 Å². The molecular weight excluding hydrogens is 282 g/mol. The lowest BCUT2D eigenvalue weighted by Crippen LogP contribution is -2.44. The average molecular weight is 303 g/mol. The molecule has 22 heavy (non-hydrogen) atoms. The Hall–Kier alpha value is -1.66. The number of rotatable bonds is 1. The van der Waals surface area contributed by atoms with E-state index < -0.39 is 0 Å². The van der Waals surface area contributed by atoms with Gasteiger partial charge in [-0.05, 0) is 25.0 Å². The van der Waals surface area contributed by atoms with Crippen LogP contribution in [0.1, 0.15) is 23.2 Å². The van der Waals surface area contributed by atoms with Crippen LogP contribution in [0.4, 0.5) is 0 Å². The van der Waals surface area contributed by atoms with Crippen molar-refractivity contribution < 1.29 is 14.3 Å². The first-order valence-corrected chi connectivity index (χ1v) is 7.94. The number of likely N-dealkylation sites (tertiary alicyclic amines) is 1. The van der Waals surface area contributed by atoms with Crippen LogP contribution in [0.2, 0.25) is 0 Å². The SMILES string of the molecule is CN1C(=O)c2cccnc2OC2CN(C3CCOCC3)CC21. The Balaban J connectivity index is 1.58. The van der Waals surface area contributed by atoms with Crippen LogP contribution >= 0.6 is 0 Å². The molecule has 2 unspecified atom stereocenters. The van der Waals surface area contributed by atoms with E-state index in [9.17, 15) is 4.79 Å². The lowest BCUT2D eigenvalue weighted by molar-refractivity contribution is 0.0378. The number of carbonyl (C=O) groups excluding carboxylic acids is 1. The summed E-state index contributed by atoms with van der Waals surface area (Å²) in [5.41, 5.74) is 0.567. The quantitative estimate of drug-likeness (QED) is 0.767. The summed E-state index contributed by atoms with van der Waals surface area (Å²) in [7, 11) is 1.87. The molecule has 3 aliphatic rings. The number of fused-ring (bicyclic) bond motifs is 2. The van der Waals surface area contributed by atoms with Gasteiger partial charge < -0.3 is 14.4 Å². The number of aromatic nitrogens is 1. The highest BCUT2D eigenvalue weighted by atomic mass is 16.5. The lowest BCUT2D eigenvalue weighted by atomic mass is 10.1. The van der Waals surface area contributed by atoms with Crippen molar-refractivity contribution in [2.75, 3.05) is 33.4 Å². The number of pyridine rings is 1. The fraction of sp³-hybridized carbons (Fsp3) is 0.625. The summed E-state index contributed by atoms with van der Waals surface area (Å²) in [6, 6.07) is 4.20. The molecule has 6 nitrogen and oxygen atoms in total. The van der Waals surface area contributed by atoms with E-state index in [0.717, 1.165) is 39.1 Å². The molecule has 2 fully saturated rings. The number of ether oxygens (including phenoxy) is 2. The van der Waals surface area contributed by atoms with Gasteiger partial charge in [-0.15, -0.1) is 0 Å². The molecule has 4 rings (SSSR count). The molecular formula is C16H21N3O3. The van der Waals surface area contributed by atoms with Gasteiger partial charge in [-0.2, -0.15) is 0 Å². The van der Waals surface area contributed by atoms with Crippen LogP contribution in [0.5, 0.6) is 5.88 Å². The highest BCUT2D eigenvalue weighted by Crippen LogP contribution is 2.31. The molecule has 2 atom stereocenters. The van der Waals surface area contributed by atoms with Crippen molar-refractivity contribution in [1.29, 1.82) is 0 Å². The van der Waals surface area contributed by atoms with Gasteiger partial charge >= 0.3 is 0 Å². The fourth-order valence-corrected chi connectivity index (χ4v) is 3.75. The predicted molar refractivity (Wildman–Crippen MR) is 79.9 cm³/mol. The van der Waals surface area contributed by atoms with Gasteiger partial charge in [-0.1, -0.05) is 0 Å². The minimum atomic E-state index is -0.00653. The summed E-state index contributed by atoms with van der Waals surface area (Å²) >= 11 is 0. The Labute approximate surface area is 130 Å². The largest absolute Gasteiger partial charge is 0.470 e. The number of amides is 1. The summed E-state index contributed by atoms with van der Waals surface area (Å²) < 4.78 is 11.5. The van der Waals surface area contributed by atoms with Crippen molar-refractivity contribution >= 4 is 5.91 Å². The Morgan fingerprint density at radius 1 is 1.27 bits per heavy atom. The lowest BCUT2D eigenvalue weighted by Gasteiger charge is -2.31. The second kappa shape index (κ2) is 5.52. The number of hydrogen-bond donors (Lipinski definition) is 0. The molecule has 0 aromatic carbocycles. The Bertz CT molecular complexity index is 574. The molecule has 118 valence electrons. The molecule has 4 heterocycles. The molecule has 0 bridgehead atoms. The van der Waals surface area contributed by atoms with Gasteiger partial charge in [0.05, 0.1) is 6.04 Å². The molecule has 2 saturated heterocycles. The third-order valence-electron chi connectivity index (χ3n) is 5.05. The highest BCUT2D eigenvalue weighted by Gasteiger charge is 2.44. The molecule has 0 spiro atoms. The summed E-state index contributed by atoms with van der Waals surface area (Å²) in [6.45, 7) is 3.38. The first-order valence-electron chi connectivity index (χ1n) is 7.94. The zero-order valence-electron chi connectivity index (χ0n) is 12.8. The van der Waals surface area contributed by atoms with Crippen molar-refractivity contribution in [1.82, 2.24) is 14.8 Å². The van der Waals surface area contributed by atoms with Crippen molar-refractivity contribution in [3.63, 3.8) is 0 Å². The number of carbonyl (C=O) groups is 1. The standard InChI is InChI=1S/C16H21N3O3/c1-18-13-9-19(11-4-7-21-8-5-11)10-14(13)22-15-12(16(18)20)3-2-6-17-15/h2-3,6,11,13-14H,4-5,7-10H2,1H3. The van der Waals surface area contributed by atoms with E-state index in [2.05, 4.69) is 9.88 Å². The van der Waals surface area contributed by atoms with Crippen LogP contribution in [-0.4, -0.2) is 72.2 Å². The second-order valence-electron chi connectivity index (χ2n) is 6.29. The van der Waals surface area contributed by atoms with Crippen molar-refractivity contribution in [3.8, 4) is 5.88 Å². The number of likely N-dealkylation sites (N-methyl/N-ethyl adjacent to an activating group) is 1. The maximum absolute atomic E-state index is 12.6. The minimum absolute atomic E-state index is 0.00410. The molecule has 3 aliphatic heterocycles. The summed E-state index contributed by atoms with van der Waals surface area (Å²) in [5, 5.41) is 0. The molecule has 0 aliphatic carbocycles. The van der Waals surface area contributed by atoms with Gasteiger partial charge in [0.1, 0.15) is 11.7 Å². The third kappa shape index (κ3) is 2.27. The van der Waals surface area contributed by atoms with Gasteiger partial charge in [0, 0.05) is 45.6 Å². The fourth-order valence-electron chi connectivity index (χ4n) is 3.75. The van der Waals surface area contributed by atoms with Crippen molar-refractivity contribution in [3.05, 3.63) is 23.9 Å². The van der Waals surface area contributed by atoms with Crippen LogP contribution < -0.4 is 4.74 Å². The van der Waals surface area contributed by atoms with Crippen LogP contribution in [-0.2, 0) is 4.74 Å². The van der Waals surface area contributed by atoms with Crippen LogP contribution in [0.15, 0.2) is 18.3 Å². The topological polar surface area (TPSA) is 54.9 Å². The Morgan fingerprint density at radius 2 is 2.09 bits per heavy atom. The van der Waals surface area contributed by atoms with Crippen LogP contribution in [0, 0.1) is 0 Å². The zero-order chi connectivity index (χ0) is 15.1. The van der Waals surface area contributed by atoms with E-state index in [1.165, 1.54) is 0 Å². The Morgan fingerprint density at radius 3 is 2.91 bits per heavy atom. The van der Waals surface area contributed by atoms with Gasteiger partial charge in [0.15, 0.2) is 0 Å². The normalized spacial score (nSPS) is 29.7. The molecule has 0 radical (unpaired) electrons. The van der Waals surface area contributed by atoms with E-state index in [4.69, 9.17) is 9.47 Å². The second-order valence-corrected chi connectivity index (χ2v) is 6.29. The smallest absolute Gasteiger partial charge is 0.259 e. The number of nitrogens with zero attached hydrogens (tertiary/aromatic N) is 3. The number of hydrogen-bond acceptors (Lipinski definition) is 5. The molecule has 6 heteroatoms.